The van der Waals surface area contributed by atoms with Crippen LogP contribution in [0.1, 0.15) is 48.8 Å². The first-order valence-electron chi connectivity index (χ1n) is 10.3. The Kier molecular flexibility index (Phi) is 5.78. The molecule has 1 unspecified atom stereocenters. The number of hydrogen-bond donors (Lipinski definition) is 1. The number of nitrogens with one attached hydrogen (secondary N) is 1. The molecular weight excluding hydrogens is 352 g/mol. The van der Waals surface area contributed by atoms with Crippen LogP contribution in [0.3, 0.4) is 0 Å². The van der Waals surface area contributed by atoms with Crippen LogP contribution in [0.15, 0.2) is 29.3 Å². The van der Waals surface area contributed by atoms with E-state index < -0.39 is 0 Å². The van der Waals surface area contributed by atoms with Crippen molar-refractivity contribution in [2.24, 2.45) is 4.99 Å². The lowest BCUT2D eigenvalue weighted by atomic mass is 9.98. The van der Waals surface area contributed by atoms with Gasteiger partial charge in [0.2, 0.25) is 0 Å². The number of methoxy groups -OCH3 is 1. The van der Waals surface area contributed by atoms with Crippen molar-refractivity contribution in [2.45, 2.75) is 51.1 Å². The second-order valence-corrected chi connectivity index (χ2v) is 7.60. The van der Waals surface area contributed by atoms with Crippen LogP contribution in [0.25, 0.3) is 0 Å². The fraction of sp³-hybridized carbons (Fsp3) is 0.571. The summed E-state index contributed by atoms with van der Waals surface area (Å²) in [5.41, 5.74) is 1.36. The third-order valence-corrected chi connectivity index (χ3v) is 5.88. The summed E-state index contributed by atoms with van der Waals surface area (Å²) in [6.45, 7) is 3.68. The third-order valence-electron chi connectivity index (χ3n) is 5.88. The van der Waals surface area contributed by atoms with Crippen LogP contribution in [0.4, 0.5) is 0 Å². The first-order chi connectivity index (χ1) is 13.8. The van der Waals surface area contributed by atoms with Gasteiger partial charge in [0.05, 0.1) is 13.7 Å². The molecule has 2 aliphatic rings. The number of hydrogen-bond acceptors (Lipinski definition) is 4. The monoisotopic (exact) mass is 382 g/mol. The van der Waals surface area contributed by atoms with Crippen molar-refractivity contribution in [1.29, 1.82) is 0 Å². The second-order valence-electron chi connectivity index (χ2n) is 7.60. The number of guanidine groups is 1. The Balaban J connectivity index is 1.36. The van der Waals surface area contributed by atoms with E-state index in [0.29, 0.717) is 12.5 Å². The highest BCUT2D eigenvalue weighted by Gasteiger charge is 2.26. The van der Waals surface area contributed by atoms with E-state index in [-0.39, 0.29) is 0 Å². The molecule has 28 heavy (non-hydrogen) atoms. The van der Waals surface area contributed by atoms with Gasteiger partial charge in [0, 0.05) is 39.0 Å². The van der Waals surface area contributed by atoms with Gasteiger partial charge in [-0.2, -0.15) is 0 Å². The maximum absolute atomic E-state index is 5.27. The SMILES string of the molecule is CN=C(NCc1nnc2n1CCCCC2)N1CCC(c2ccc(OC)cc2)C1. The van der Waals surface area contributed by atoms with Crippen molar-refractivity contribution in [3.63, 3.8) is 0 Å². The third kappa shape index (κ3) is 3.98. The predicted molar refractivity (Wildman–Crippen MR) is 110 cm³/mol. The van der Waals surface area contributed by atoms with Gasteiger partial charge < -0.3 is 19.5 Å². The Bertz CT molecular complexity index is 813. The molecule has 2 aliphatic heterocycles. The first kappa shape index (κ1) is 18.8. The first-order valence-corrected chi connectivity index (χ1v) is 10.3. The zero-order chi connectivity index (χ0) is 19.3. The fourth-order valence-electron chi connectivity index (χ4n) is 4.27. The van der Waals surface area contributed by atoms with E-state index in [9.17, 15) is 0 Å². The molecule has 1 N–H and O–H groups in total. The van der Waals surface area contributed by atoms with Crippen molar-refractivity contribution in [1.82, 2.24) is 25.0 Å². The summed E-state index contributed by atoms with van der Waals surface area (Å²) in [4.78, 5) is 6.85. The molecule has 0 bridgehead atoms. The lowest BCUT2D eigenvalue weighted by molar-refractivity contribution is 0.414. The topological polar surface area (TPSA) is 67.6 Å². The molecule has 0 saturated carbocycles. The largest absolute Gasteiger partial charge is 0.497 e. The molecule has 7 nitrogen and oxygen atoms in total. The summed E-state index contributed by atoms with van der Waals surface area (Å²) < 4.78 is 7.56. The van der Waals surface area contributed by atoms with E-state index in [1.807, 2.05) is 19.2 Å². The number of aryl methyl sites for hydroxylation is 1. The summed E-state index contributed by atoms with van der Waals surface area (Å²) in [6, 6.07) is 8.44. The predicted octanol–water partition coefficient (Wildman–Crippen LogP) is 2.58. The van der Waals surface area contributed by atoms with Crippen LogP contribution < -0.4 is 10.1 Å². The van der Waals surface area contributed by atoms with Gasteiger partial charge >= 0.3 is 0 Å². The van der Waals surface area contributed by atoms with Gasteiger partial charge in [0.15, 0.2) is 11.8 Å². The van der Waals surface area contributed by atoms with Crippen LogP contribution >= 0.6 is 0 Å². The minimum absolute atomic E-state index is 0.522. The quantitative estimate of drug-likeness (QED) is 0.650. The molecule has 1 aromatic carbocycles. The van der Waals surface area contributed by atoms with Gasteiger partial charge in [-0.15, -0.1) is 10.2 Å². The summed E-state index contributed by atoms with van der Waals surface area (Å²) >= 11 is 0. The highest BCUT2D eigenvalue weighted by Crippen LogP contribution is 2.28. The van der Waals surface area contributed by atoms with Crippen molar-refractivity contribution in [3.8, 4) is 5.75 Å². The number of rotatable bonds is 4. The maximum Gasteiger partial charge on any atom is 0.194 e. The number of aliphatic imine (C=N–C) groups is 1. The van der Waals surface area contributed by atoms with Gasteiger partial charge in [-0.1, -0.05) is 18.6 Å². The molecule has 0 radical (unpaired) electrons. The number of aromatic nitrogens is 3. The lowest BCUT2D eigenvalue weighted by Gasteiger charge is -2.22. The molecule has 0 spiro atoms. The summed E-state index contributed by atoms with van der Waals surface area (Å²) in [6.07, 6.45) is 5.87. The number of benzene rings is 1. The zero-order valence-corrected chi connectivity index (χ0v) is 16.9. The van der Waals surface area contributed by atoms with Gasteiger partial charge in [0.1, 0.15) is 11.6 Å². The van der Waals surface area contributed by atoms with E-state index >= 15 is 0 Å². The number of fused-ring (bicyclic) bond motifs is 1. The molecule has 2 aromatic rings. The minimum atomic E-state index is 0.522. The molecule has 1 aromatic heterocycles. The van der Waals surface area contributed by atoms with Crippen LogP contribution in [-0.2, 0) is 19.5 Å². The molecule has 4 rings (SSSR count). The van der Waals surface area contributed by atoms with E-state index in [1.54, 1.807) is 7.11 Å². The number of likely N-dealkylation sites (tertiary alicyclic amines) is 1. The molecule has 3 heterocycles. The highest BCUT2D eigenvalue weighted by molar-refractivity contribution is 5.80. The highest BCUT2D eigenvalue weighted by atomic mass is 16.5. The Hall–Kier alpha value is -2.57. The molecule has 7 heteroatoms. The van der Waals surface area contributed by atoms with Gasteiger partial charge in [-0.3, -0.25) is 4.99 Å². The van der Waals surface area contributed by atoms with Crippen molar-refractivity contribution < 1.29 is 4.74 Å². The van der Waals surface area contributed by atoms with Crippen molar-refractivity contribution in [3.05, 3.63) is 41.5 Å². The Morgan fingerprint density at radius 2 is 2.04 bits per heavy atom. The van der Waals surface area contributed by atoms with Crippen LogP contribution in [0, 0.1) is 0 Å². The summed E-state index contributed by atoms with van der Waals surface area (Å²) in [7, 11) is 3.56. The molecule has 1 fully saturated rings. The minimum Gasteiger partial charge on any atom is -0.497 e. The van der Waals surface area contributed by atoms with E-state index in [4.69, 9.17) is 4.74 Å². The summed E-state index contributed by atoms with van der Waals surface area (Å²) in [5, 5.41) is 12.3. The van der Waals surface area contributed by atoms with Gasteiger partial charge in [-0.05, 0) is 37.0 Å². The Labute approximate surface area is 166 Å². The molecule has 1 atom stereocenters. The van der Waals surface area contributed by atoms with Crippen LogP contribution in [0.5, 0.6) is 5.75 Å². The average Bonchev–Trinajstić information content (AvgIpc) is 3.30. The van der Waals surface area contributed by atoms with Crippen molar-refractivity contribution in [2.75, 3.05) is 27.2 Å². The number of ether oxygens (including phenoxy) is 1. The fourth-order valence-corrected chi connectivity index (χ4v) is 4.27. The lowest BCUT2D eigenvalue weighted by Crippen LogP contribution is -2.40. The standard InChI is InChI=1S/C21H30N6O/c1-22-21(23-14-20-25-24-19-6-4-3-5-12-27(19)20)26-13-11-17(15-26)16-7-9-18(28-2)10-8-16/h7-10,17H,3-6,11-15H2,1-2H3,(H,22,23). The molecular formula is C21H30N6O. The average molecular weight is 383 g/mol. The maximum atomic E-state index is 5.27. The van der Waals surface area contributed by atoms with Gasteiger partial charge in [0.25, 0.3) is 0 Å². The van der Waals surface area contributed by atoms with E-state index in [0.717, 1.165) is 55.8 Å². The normalized spacial score (nSPS) is 20.0. The summed E-state index contributed by atoms with van der Waals surface area (Å²) in [5.74, 6) is 4.52. The molecule has 0 aliphatic carbocycles. The van der Waals surface area contributed by atoms with E-state index in [2.05, 4.69) is 42.1 Å². The van der Waals surface area contributed by atoms with Crippen molar-refractivity contribution >= 4 is 5.96 Å². The van der Waals surface area contributed by atoms with Crippen LogP contribution in [0.2, 0.25) is 0 Å². The Morgan fingerprint density at radius 1 is 1.18 bits per heavy atom. The second kappa shape index (κ2) is 8.63. The number of nitrogens with zero attached hydrogens (tertiary/aromatic N) is 5. The van der Waals surface area contributed by atoms with Crippen LogP contribution in [-0.4, -0.2) is 52.9 Å². The zero-order valence-electron chi connectivity index (χ0n) is 16.9. The molecule has 1 saturated heterocycles. The Morgan fingerprint density at radius 3 is 2.82 bits per heavy atom. The smallest absolute Gasteiger partial charge is 0.194 e. The molecule has 0 amide bonds. The van der Waals surface area contributed by atoms with E-state index in [1.165, 1.54) is 24.8 Å². The van der Waals surface area contributed by atoms with Gasteiger partial charge in [-0.25, -0.2) is 0 Å². The molecule has 150 valence electrons.